The predicted molar refractivity (Wildman–Crippen MR) is 164 cm³/mol. The minimum absolute atomic E-state index is 0.0302. The number of hydrogen-bond donors (Lipinski definition) is 1. The van der Waals surface area contributed by atoms with Gasteiger partial charge in [-0.05, 0) is 74.2 Å². The van der Waals surface area contributed by atoms with Crippen LogP contribution in [-0.4, -0.2) is 66.2 Å². The molecule has 0 aromatic heterocycles. The van der Waals surface area contributed by atoms with Crippen molar-refractivity contribution in [3.8, 4) is 5.75 Å². The van der Waals surface area contributed by atoms with E-state index in [1.54, 1.807) is 7.11 Å². The zero-order valence-electron chi connectivity index (χ0n) is 24.9. The predicted octanol–water partition coefficient (Wildman–Crippen LogP) is 6.25. The SMILES string of the molecule is C=CCN1CCC2(c3cccc(OC)c3)CC(N(CC(C)C)C(=O)CCCCCc3ccccc3)CC(O)C2C1. The first kappa shape index (κ1) is 30.3. The molecule has 1 N–H and O–H groups in total. The Morgan fingerprint density at radius 2 is 1.98 bits per heavy atom. The number of aryl methyl sites for hydroxylation is 1. The Kier molecular flexibility index (Phi) is 10.9. The number of amides is 1. The molecule has 218 valence electrons. The number of aliphatic hydroxyl groups excluding tert-OH is 1. The summed E-state index contributed by atoms with van der Waals surface area (Å²) >= 11 is 0. The van der Waals surface area contributed by atoms with Crippen molar-refractivity contribution < 1.29 is 14.6 Å². The summed E-state index contributed by atoms with van der Waals surface area (Å²) in [4.78, 5) is 18.3. The largest absolute Gasteiger partial charge is 0.497 e. The highest BCUT2D eigenvalue weighted by molar-refractivity contribution is 5.76. The molecular formula is C35H50N2O3. The number of carbonyl (C=O) groups is 1. The maximum absolute atomic E-state index is 13.8. The van der Waals surface area contributed by atoms with Gasteiger partial charge in [-0.15, -0.1) is 6.58 Å². The van der Waals surface area contributed by atoms with Crippen LogP contribution >= 0.6 is 0 Å². The molecule has 0 spiro atoms. The number of aliphatic hydroxyl groups is 1. The number of piperidine rings is 1. The van der Waals surface area contributed by atoms with Gasteiger partial charge in [-0.2, -0.15) is 0 Å². The van der Waals surface area contributed by atoms with E-state index < -0.39 is 6.10 Å². The second kappa shape index (κ2) is 14.3. The zero-order chi connectivity index (χ0) is 28.5. The second-order valence-corrected chi connectivity index (χ2v) is 12.4. The first-order valence-corrected chi connectivity index (χ1v) is 15.4. The lowest BCUT2D eigenvalue weighted by molar-refractivity contribution is -0.139. The summed E-state index contributed by atoms with van der Waals surface area (Å²) in [5, 5.41) is 11.7. The lowest BCUT2D eigenvalue weighted by atomic mass is 9.56. The van der Waals surface area contributed by atoms with Crippen molar-refractivity contribution in [3.05, 3.63) is 78.4 Å². The van der Waals surface area contributed by atoms with Crippen molar-refractivity contribution in [3.63, 3.8) is 0 Å². The topological polar surface area (TPSA) is 53.0 Å². The molecule has 40 heavy (non-hydrogen) atoms. The first-order valence-electron chi connectivity index (χ1n) is 15.4. The van der Waals surface area contributed by atoms with Crippen LogP contribution < -0.4 is 4.74 Å². The third kappa shape index (κ3) is 7.36. The van der Waals surface area contributed by atoms with Gasteiger partial charge in [0.25, 0.3) is 0 Å². The van der Waals surface area contributed by atoms with Crippen molar-refractivity contribution in [1.82, 2.24) is 9.80 Å². The van der Waals surface area contributed by atoms with E-state index in [-0.39, 0.29) is 23.3 Å². The molecule has 0 radical (unpaired) electrons. The van der Waals surface area contributed by atoms with Crippen LogP contribution in [0.25, 0.3) is 0 Å². The minimum atomic E-state index is -0.467. The number of benzene rings is 2. The standard InChI is InChI=1S/C35H50N2O3/c1-5-20-36-21-19-35(29-16-12-17-31(22-29)40-4)24-30(23-33(38)32(35)26-36)37(25-27(2)3)34(39)18-11-7-10-15-28-13-8-6-9-14-28/h5-6,8-9,12-14,16-17,22,27,30,32-33,38H,1,7,10-11,15,18-21,23-26H2,2-4H3. The molecule has 1 saturated carbocycles. The van der Waals surface area contributed by atoms with E-state index in [1.165, 1.54) is 11.1 Å². The Morgan fingerprint density at radius 3 is 2.70 bits per heavy atom. The molecule has 4 atom stereocenters. The molecule has 2 fully saturated rings. The van der Waals surface area contributed by atoms with Gasteiger partial charge in [-0.1, -0.05) is 68.8 Å². The van der Waals surface area contributed by atoms with Crippen LogP contribution in [0.1, 0.15) is 69.9 Å². The van der Waals surface area contributed by atoms with E-state index in [0.717, 1.165) is 70.5 Å². The minimum Gasteiger partial charge on any atom is -0.497 e. The van der Waals surface area contributed by atoms with Crippen molar-refractivity contribution in [2.75, 3.05) is 33.3 Å². The number of rotatable bonds is 13. The maximum Gasteiger partial charge on any atom is 0.222 e. The quantitative estimate of drug-likeness (QED) is 0.238. The number of ether oxygens (including phenoxy) is 1. The molecule has 2 aliphatic rings. The van der Waals surface area contributed by atoms with Gasteiger partial charge in [0.2, 0.25) is 5.91 Å². The maximum atomic E-state index is 13.8. The molecule has 1 aliphatic heterocycles. The van der Waals surface area contributed by atoms with Gasteiger partial charge >= 0.3 is 0 Å². The number of nitrogens with zero attached hydrogens (tertiary/aromatic N) is 2. The molecule has 1 aliphatic carbocycles. The molecule has 2 aromatic carbocycles. The molecule has 1 amide bonds. The number of fused-ring (bicyclic) bond motifs is 1. The van der Waals surface area contributed by atoms with Crippen molar-refractivity contribution >= 4 is 5.91 Å². The van der Waals surface area contributed by atoms with Crippen LogP contribution in [0.15, 0.2) is 67.3 Å². The highest BCUT2D eigenvalue weighted by Crippen LogP contribution is 2.50. The number of hydrogen-bond acceptors (Lipinski definition) is 4. The number of unbranched alkanes of at least 4 members (excludes halogenated alkanes) is 2. The molecule has 4 unspecified atom stereocenters. The average Bonchev–Trinajstić information content (AvgIpc) is 2.96. The summed E-state index contributed by atoms with van der Waals surface area (Å²) in [5.41, 5.74) is 2.40. The molecular weight excluding hydrogens is 496 g/mol. The summed E-state index contributed by atoms with van der Waals surface area (Å²) in [6.45, 7) is 11.7. The van der Waals surface area contributed by atoms with Crippen LogP contribution in [0, 0.1) is 11.8 Å². The summed E-state index contributed by atoms with van der Waals surface area (Å²) in [5.74, 6) is 1.58. The number of carbonyl (C=O) groups excluding carboxylic acids is 1. The molecule has 1 heterocycles. The van der Waals surface area contributed by atoms with Gasteiger partial charge in [0.05, 0.1) is 13.2 Å². The van der Waals surface area contributed by atoms with E-state index in [0.29, 0.717) is 18.8 Å². The van der Waals surface area contributed by atoms with E-state index in [9.17, 15) is 9.90 Å². The molecule has 1 saturated heterocycles. The zero-order valence-corrected chi connectivity index (χ0v) is 24.9. The Bertz CT molecular complexity index is 1090. The molecule has 5 heteroatoms. The third-order valence-electron chi connectivity index (χ3n) is 9.17. The normalized spacial score (nSPS) is 24.9. The van der Waals surface area contributed by atoms with Crippen LogP contribution in [0.3, 0.4) is 0 Å². The highest BCUT2D eigenvalue weighted by Gasteiger charge is 2.53. The van der Waals surface area contributed by atoms with Gasteiger partial charge < -0.3 is 14.7 Å². The summed E-state index contributed by atoms with van der Waals surface area (Å²) in [6.07, 6.45) is 8.69. The van der Waals surface area contributed by atoms with Gasteiger partial charge in [0, 0.05) is 43.4 Å². The van der Waals surface area contributed by atoms with Gasteiger partial charge in [-0.3, -0.25) is 9.69 Å². The van der Waals surface area contributed by atoms with Gasteiger partial charge in [0.15, 0.2) is 0 Å². The number of likely N-dealkylation sites (tertiary alicyclic amines) is 1. The fourth-order valence-electron chi connectivity index (χ4n) is 7.19. The van der Waals surface area contributed by atoms with Gasteiger partial charge in [-0.25, -0.2) is 0 Å². The Hall–Kier alpha value is -2.63. The molecule has 4 rings (SSSR count). The van der Waals surface area contributed by atoms with E-state index in [4.69, 9.17) is 4.74 Å². The smallest absolute Gasteiger partial charge is 0.222 e. The number of methoxy groups -OCH3 is 1. The van der Waals surface area contributed by atoms with Crippen LogP contribution in [0.5, 0.6) is 5.75 Å². The van der Waals surface area contributed by atoms with Crippen LogP contribution in [0.2, 0.25) is 0 Å². The molecule has 0 bridgehead atoms. The summed E-state index contributed by atoms with van der Waals surface area (Å²) in [6, 6.07) is 19.0. The Labute approximate surface area is 242 Å². The lowest BCUT2D eigenvalue weighted by Crippen LogP contribution is -2.61. The van der Waals surface area contributed by atoms with E-state index >= 15 is 0 Å². The van der Waals surface area contributed by atoms with Crippen molar-refractivity contribution in [2.24, 2.45) is 11.8 Å². The van der Waals surface area contributed by atoms with Crippen LogP contribution in [0.4, 0.5) is 0 Å². The van der Waals surface area contributed by atoms with E-state index in [2.05, 4.69) is 78.8 Å². The fourth-order valence-corrected chi connectivity index (χ4v) is 7.19. The second-order valence-electron chi connectivity index (χ2n) is 12.4. The average molecular weight is 547 g/mol. The lowest BCUT2D eigenvalue weighted by Gasteiger charge is -2.56. The van der Waals surface area contributed by atoms with Crippen molar-refractivity contribution in [1.29, 1.82) is 0 Å². The third-order valence-corrected chi connectivity index (χ3v) is 9.17. The van der Waals surface area contributed by atoms with E-state index in [1.807, 2.05) is 12.1 Å². The molecule has 2 aromatic rings. The van der Waals surface area contributed by atoms with Crippen LogP contribution in [-0.2, 0) is 16.6 Å². The monoisotopic (exact) mass is 546 g/mol. The summed E-state index contributed by atoms with van der Waals surface area (Å²) in [7, 11) is 1.71. The Balaban J connectivity index is 1.51. The summed E-state index contributed by atoms with van der Waals surface area (Å²) < 4.78 is 5.62. The molecule has 5 nitrogen and oxygen atoms in total. The fraction of sp³-hybridized carbons (Fsp3) is 0.571. The first-order chi connectivity index (χ1) is 19.4. The van der Waals surface area contributed by atoms with Gasteiger partial charge in [0.1, 0.15) is 5.75 Å². The van der Waals surface area contributed by atoms with Crippen molar-refractivity contribution in [2.45, 2.75) is 82.8 Å². The Morgan fingerprint density at radius 1 is 1.18 bits per heavy atom. The highest BCUT2D eigenvalue weighted by atomic mass is 16.5.